The Labute approximate surface area is 93.8 Å². The Balaban J connectivity index is 2.06. The van der Waals surface area contributed by atoms with Crippen LogP contribution in [0.3, 0.4) is 0 Å². The van der Waals surface area contributed by atoms with Gasteiger partial charge >= 0.3 is 0 Å². The molecule has 2 aromatic rings. The molecule has 0 atom stereocenters. The van der Waals surface area contributed by atoms with Crippen LogP contribution in [0, 0.1) is 0 Å². The second kappa shape index (κ2) is 3.48. The highest BCUT2D eigenvalue weighted by atomic mass is 15.3. The van der Waals surface area contributed by atoms with Crippen molar-refractivity contribution in [1.82, 2.24) is 9.97 Å². The second-order valence-corrected chi connectivity index (χ2v) is 3.82. The predicted molar refractivity (Wildman–Crippen MR) is 64.1 cm³/mol. The number of aromatic nitrogens is 2. The fraction of sp³-hybridized carbons (Fsp3) is 0.167. The summed E-state index contributed by atoms with van der Waals surface area (Å²) in [4.78, 5) is 10.6. The molecule has 1 aromatic carbocycles. The molecule has 1 saturated heterocycles. The average Bonchev–Trinajstić information content (AvgIpc) is 3.13. The molecule has 1 aliphatic heterocycles. The van der Waals surface area contributed by atoms with E-state index in [1.807, 2.05) is 36.4 Å². The molecular weight excluding hydrogens is 200 g/mol. The van der Waals surface area contributed by atoms with Gasteiger partial charge < -0.3 is 10.6 Å². The summed E-state index contributed by atoms with van der Waals surface area (Å²) in [6.07, 6.45) is 0. The maximum absolute atomic E-state index is 5.71. The first-order valence-electron chi connectivity index (χ1n) is 5.28. The lowest BCUT2D eigenvalue weighted by Crippen LogP contribution is -2.02. The molecule has 80 valence electrons. The monoisotopic (exact) mass is 212 g/mol. The Hall–Kier alpha value is -2.10. The van der Waals surface area contributed by atoms with Gasteiger partial charge in [0, 0.05) is 24.7 Å². The van der Waals surface area contributed by atoms with E-state index in [0.717, 1.165) is 30.2 Å². The van der Waals surface area contributed by atoms with Crippen LogP contribution in [0.5, 0.6) is 0 Å². The highest BCUT2D eigenvalue weighted by Crippen LogP contribution is 2.25. The van der Waals surface area contributed by atoms with Crippen molar-refractivity contribution in [3.05, 3.63) is 36.4 Å². The van der Waals surface area contributed by atoms with Crippen molar-refractivity contribution in [2.75, 3.05) is 23.7 Å². The molecule has 16 heavy (non-hydrogen) atoms. The summed E-state index contributed by atoms with van der Waals surface area (Å²) in [6.45, 7) is 2.12. The van der Waals surface area contributed by atoms with Gasteiger partial charge in [0.1, 0.15) is 5.82 Å². The van der Waals surface area contributed by atoms with Crippen LogP contribution in [-0.2, 0) is 0 Å². The molecule has 0 unspecified atom stereocenters. The Kier molecular flexibility index (Phi) is 1.99. The van der Waals surface area contributed by atoms with Gasteiger partial charge in [0.15, 0.2) is 0 Å². The summed E-state index contributed by atoms with van der Waals surface area (Å²) in [7, 11) is 0. The van der Waals surface area contributed by atoms with Gasteiger partial charge in [0.2, 0.25) is 5.95 Å². The zero-order valence-corrected chi connectivity index (χ0v) is 8.80. The van der Waals surface area contributed by atoms with E-state index in [1.165, 1.54) is 0 Å². The van der Waals surface area contributed by atoms with Crippen molar-refractivity contribution in [3.63, 3.8) is 0 Å². The molecule has 0 radical (unpaired) electrons. The number of anilines is 2. The predicted octanol–water partition coefficient (Wildman–Crippen LogP) is 1.55. The van der Waals surface area contributed by atoms with E-state index < -0.39 is 0 Å². The zero-order valence-electron chi connectivity index (χ0n) is 8.80. The second-order valence-electron chi connectivity index (χ2n) is 3.82. The number of nitrogens with two attached hydrogens (primary N) is 1. The van der Waals surface area contributed by atoms with E-state index in [4.69, 9.17) is 5.73 Å². The molecule has 1 fully saturated rings. The molecule has 0 saturated carbocycles. The van der Waals surface area contributed by atoms with Gasteiger partial charge in [-0.1, -0.05) is 30.3 Å². The summed E-state index contributed by atoms with van der Waals surface area (Å²) >= 11 is 0. The van der Waals surface area contributed by atoms with Gasteiger partial charge in [0.05, 0.1) is 5.69 Å². The third-order valence-corrected chi connectivity index (χ3v) is 2.57. The zero-order chi connectivity index (χ0) is 11.0. The Morgan fingerprint density at radius 2 is 1.81 bits per heavy atom. The normalized spacial score (nSPS) is 13.9. The van der Waals surface area contributed by atoms with Gasteiger partial charge in [-0.15, -0.1) is 0 Å². The van der Waals surface area contributed by atoms with Gasteiger partial charge in [-0.2, -0.15) is 4.98 Å². The van der Waals surface area contributed by atoms with Crippen molar-refractivity contribution in [2.45, 2.75) is 0 Å². The van der Waals surface area contributed by atoms with Gasteiger partial charge in [-0.3, -0.25) is 0 Å². The maximum Gasteiger partial charge on any atom is 0.222 e. The van der Waals surface area contributed by atoms with Crippen LogP contribution in [0.15, 0.2) is 36.4 Å². The van der Waals surface area contributed by atoms with Crippen LogP contribution in [0.4, 0.5) is 11.8 Å². The third-order valence-electron chi connectivity index (χ3n) is 2.57. The van der Waals surface area contributed by atoms with Gasteiger partial charge in [-0.25, -0.2) is 4.98 Å². The maximum atomic E-state index is 5.71. The van der Waals surface area contributed by atoms with Gasteiger partial charge in [0.25, 0.3) is 0 Å². The molecule has 3 rings (SSSR count). The third kappa shape index (κ3) is 1.69. The first-order chi connectivity index (χ1) is 7.83. The minimum Gasteiger partial charge on any atom is -0.368 e. The molecule has 1 aliphatic rings. The van der Waals surface area contributed by atoms with Gasteiger partial charge in [-0.05, 0) is 0 Å². The minimum atomic E-state index is 0.336. The fourth-order valence-corrected chi connectivity index (χ4v) is 1.65. The molecule has 0 bridgehead atoms. The van der Waals surface area contributed by atoms with Crippen molar-refractivity contribution in [3.8, 4) is 11.3 Å². The first kappa shape index (κ1) is 9.15. The minimum absolute atomic E-state index is 0.336. The Morgan fingerprint density at radius 1 is 1.06 bits per heavy atom. The number of rotatable bonds is 2. The Morgan fingerprint density at radius 3 is 2.50 bits per heavy atom. The van der Waals surface area contributed by atoms with E-state index in [2.05, 4.69) is 14.9 Å². The largest absolute Gasteiger partial charge is 0.368 e. The van der Waals surface area contributed by atoms with Crippen LogP contribution in [0.2, 0.25) is 0 Å². The standard InChI is InChI=1S/C12H12N4/c13-12-14-10(9-4-2-1-3-5-9)8-11(15-12)16-6-7-16/h1-5,8H,6-7H2,(H2,13,14,15). The van der Waals surface area contributed by atoms with E-state index in [9.17, 15) is 0 Å². The van der Waals surface area contributed by atoms with Crippen LogP contribution in [0.1, 0.15) is 0 Å². The number of nitrogen functional groups attached to an aromatic ring is 1. The summed E-state index contributed by atoms with van der Waals surface area (Å²) in [5, 5.41) is 0. The lowest BCUT2D eigenvalue weighted by Gasteiger charge is -2.06. The molecule has 4 heteroatoms. The molecular formula is C12H12N4. The highest BCUT2D eigenvalue weighted by Gasteiger charge is 2.20. The van der Waals surface area contributed by atoms with Crippen molar-refractivity contribution in [2.24, 2.45) is 0 Å². The summed E-state index contributed by atoms with van der Waals surface area (Å²) < 4.78 is 0. The molecule has 0 amide bonds. The topological polar surface area (TPSA) is 54.8 Å². The first-order valence-corrected chi connectivity index (χ1v) is 5.28. The van der Waals surface area contributed by atoms with Crippen molar-refractivity contribution >= 4 is 11.8 Å². The molecule has 0 aliphatic carbocycles. The lowest BCUT2D eigenvalue weighted by atomic mass is 10.1. The Bertz CT molecular complexity index is 506. The smallest absolute Gasteiger partial charge is 0.222 e. The van der Waals surface area contributed by atoms with E-state index >= 15 is 0 Å². The molecule has 4 nitrogen and oxygen atoms in total. The molecule has 2 N–H and O–H groups in total. The highest BCUT2D eigenvalue weighted by molar-refractivity contribution is 5.65. The van der Waals surface area contributed by atoms with E-state index in [0.29, 0.717) is 5.95 Å². The van der Waals surface area contributed by atoms with Crippen LogP contribution in [-0.4, -0.2) is 23.1 Å². The SMILES string of the molecule is Nc1nc(-c2ccccc2)cc(N2CC2)n1. The number of nitrogens with zero attached hydrogens (tertiary/aromatic N) is 3. The average molecular weight is 212 g/mol. The number of hydrogen-bond donors (Lipinski definition) is 1. The van der Waals surface area contributed by atoms with Crippen molar-refractivity contribution < 1.29 is 0 Å². The van der Waals surface area contributed by atoms with Crippen LogP contribution in [0.25, 0.3) is 11.3 Å². The molecule has 2 heterocycles. The van der Waals surface area contributed by atoms with E-state index in [-0.39, 0.29) is 0 Å². The van der Waals surface area contributed by atoms with Crippen LogP contribution < -0.4 is 10.6 Å². The summed E-state index contributed by atoms with van der Waals surface area (Å²) in [5.74, 6) is 1.26. The summed E-state index contributed by atoms with van der Waals surface area (Å²) in [5.41, 5.74) is 7.67. The molecule has 0 spiro atoms. The quantitative estimate of drug-likeness (QED) is 0.767. The van der Waals surface area contributed by atoms with Crippen LogP contribution >= 0.6 is 0 Å². The number of hydrogen-bond acceptors (Lipinski definition) is 4. The summed E-state index contributed by atoms with van der Waals surface area (Å²) in [6, 6.07) is 12.0. The number of benzene rings is 1. The fourth-order valence-electron chi connectivity index (χ4n) is 1.65. The lowest BCUT2D eigenvalue weighted by molar-refractivity contribution is 1.15. The van der Waals surface area contributed by atoms with E-state index in [1.54, 1.807) is 0 Å². The van der Waals surface area contributed by atoms with Crippen molar-refractivity contribution in [1.29, 1.82) is 0 Å². The molecule has 1 aromatic heterocycles.